The number of rotatable bonds is 5. The average molecular weight is 395 g/mol. The summed E-state index contributed by atoms with van der Waals surface area (Å²) >= 11 is 5.29. The molecule has 0 spiro atoms. The lowest BCUT2D eigenvalue weighted by Gasteiger charge is -2.15. The minimum absolute atomic E-state index is 0.0354. The second-order valence-corrected chi connectivity index (χ2v) is 6.87. The highest BCUT2D eigenvalue weighted by Crippen LogP contribution is 2.20. The van der Waals surface area contributed by atoms with Gasteiger partial charge in [-0.2, -0.15) is 5.10 Å². The highest BCUT2D eigenvalue weighted by atomic mass is 32.1. The molecule has 8 heteroatoms. The summed E-state index contributed by atoms with van der Waals surface area (Å²) in [6, 6.07) is 14.9. The lowest BCUT2D eigenvalue weighted by atomic mass is 10.1. The number of H-pyrrole nitrogens is 1. The van der Waals surface area contributed by atoms with E-state index in [9.17, 15) is 9.59 Å². The Balaban J connectivity index is 1.75. The van der Waals surface area contributed by atoms with Crippen molar-refractivity contribution in [2.75, 3.05) is 17.3 Å². The number of carbonyl (C=O) groups excluding carboxylic acids is 2. The van der Waals surface area contributed by atoms with Crippen molar-refractivity contribution in [3.63, 3.8) is 0 Å². The summed E-state index contributed by atoms with van der Waals surface area (Å²) in [4.78, 5) is 25.5. The van der Waals surface area contributed by atoms with Gasteiger partial charge in [-0.15, -0.1) is 0 Å². The molecule has 1 aromatic heterocycles. The number of hydrogen-bond acceptors (Lipinski definition) is 4. The maximum absolute atomic E-state index is 12.5. The molecule has 0 atom stereocenters. The van der Waals surface area contributed by atoms with Crippen molar-refractivity contribution in [1.29, 1.82) is 0 Å². The predicted molar refractivity (Wildman–Crippen MR) is 112 cm³/mol. The summed E-state index contributed by atoms with van der Waals surface area (Å²) in [5.74, 6) is 0.330. The van der Waals surface area contributed by atoms with Crippen LogP contribution in [0.15, 0.2) is 48.5 Å². The lowest BCUT2D eigenvalue weighted by molar-refractivity contribution is -0.117. The first-order valence-electron chi connectivity index (χ1n) is 8.71. The van der Waals surface area contributed by atoms with Gasteiger partial charge in [-0.25, -0.2) is 0 Å². The van der Waals surface area contributed by atoms with Crippen LogP contribution < -0.4 is 10.2 Å². The fourth-order valence-corrected chi connectivity index (χ4v) is 2.96. The van der Waals surface area contributed by atoms with Crippen LogP contribution in [0.4, 0.5) is 11.4 Å². The Morgan fingerprint density at radius 3 is 2.57 bits per heavy atom. The number of benzene rings is 2. The normalized spacial score (nSPS) is 10.5. The van der Waals surface area contributed by atoms with Crippen LogP contribution in [0.5, 0.6) is 0 Å². The van der Waals surface area contributed by atoms with Crippen LogP contribution in [-0.4, -0.2) is 33.6 Å². The third-order valence-electron chi connectivity index (χ3n) is 4.35. The second kappa shape index (κ2) is 8.18. The van der Waals surface area contributed by atoms with E-state index in [4.69, 9.17) is 12.2 Å². The Hall–Kier alpha value is -3.26. The number of nitrogens with one attached hydrogen (secondary N) is 2. The zero-order valence-electron chi connectivity index (χ0n) is 15.9. The summed E-state index contributed by atoms with van der Waals surface area (Å²) < 4.78 is 2.04. The number of aryl methyl sites for hydroxylation is 1. The Morgan fingerprint density at radius 2 is 1.93 bits per heavy atom. The summed E-state index contributed by atoms with van der Waals surface area (Å²) in [6.07, 6.45) is 0. The van der Waals surface area contributed by atoms with Gasteiger partial charge >= 0.3 is 0 Å². The molecule has 0 aliphatic rings. The van der Waals surface area contributed by atoms with Crippen molar-refractivity contribution in [3.8, 4) is 11.4 Å². The van der Waals surface area contributed by atoms with E-state index in [-0.39, 0.29) is 18.4 Å². The van der Waals surface area contributed by atoms with Gasteiger partial charge in [-0.05, 0) is 49.5 Å². The molecule has 0 saturated carbocycles. The van der Waals surface area contributed by atoms with Gasteiger partial charge in [0.05, 0.1) is 0 Å². The molecule has 1 heterocycles. The standard InChI is InChI=1S/C20H21N5O2S/c1-13-5-4-6-15(11-13)19-22-23-20(28)25(19)12-18(27)21-16-7-9-17(10-8-16)24(3)14(2)26/h4-11H,12H2,1-3H3,(H,21,27)(H,23,28). The zero-order chi connectivity index (χ0) is 20.3. The van der Waals surface area contributed by atoms with Crippen LogP contribution in [-0.2, 0) is 16.1 Å². The van der Waals surface area contributed by atoms with E-state index in [2.05, 4.69) is 15.5 Å². The number of anilines is 2. The molecule has 2 N–H and O–H groups in total. The monoisotopic (exact) mass is 395 g/mol. The minimum Gasteiger partial charge on any atom is -0.325 e. The predicted octanol–water partition coefficient (Wildman–Crippen LogP) is 3.54. The van der Waals surface area contributed by atoms with Gasteiger partial charge in [0.1, 0.15) is 6.54 Å². The molecule has 144 valence electrons. The number of hydrogen-bond donors (Lipinski definition) is 2. The van der Waals surface area contributed by atoms with Crippen molar-refractivity contribution in [2.24, 2.45) is 0 Å². The molecule has 0 aliphatic carbocycles. The first kappa shape index (κ1) is 19.5. The van der Waals surface area contributed by atoms with Crippen LogP contribution in [0.1, 0.15) is 12.5 Å². The van der Waals surface area contributed by atoms with Gasteiger partial charge in [0.15, 0.2) is 10.6 Å². The third kappa shape index (κ3) is 4.34. The molecule has 28 heavy (non-hydrogen) atoms. The van der Waals surface area contributed by atoms with Crippen LogP contribution >= 0.6 is 12.2 Å². The van der Waals surface area contributed by atoms with Crippen LogP contribution in [0.2, 0.25) is 0 Å². The van der Waals surface area contributed by atoms with Gasteiger partial charge in [-0.3, -0.25) is 19.3 Å². The Morgan fingerprint density at radius 1 is 1.21 bits per heavy atom. The number of aromatic amines is 1. The molecule has 2 amide bonds. The van der Waals surface area contributed by atoms with Crippen LogP contribution in [0.25, 0.3) is 11.4 Å². The summed E-state index contributed by atoms with van der Waals surface area (Å²) in [5.41, 5.74) is 3.37. The number of carbonyl (C=O) groups is 2. The van der Waals surface area contributed by atoms with Crippen molar-refractivity contribution in [1.82, 2.24) is 14.8 Å². The van der Waals surface area contributed by atoms with Crippen molar-refractivity contribution in [2.45, 2.75) is 20.4 Å². The molecule has 0 saturated heterocycles. The molecular weight excluding hydrogens is 374 g/mol. The van der Waals surface area contributed by atoms with Gasteiger partial charge in [0, 0.05) is 30.9 Å². The smallest absolute Gasteiger partial charge is 0.244 e. The van der Waals surface area contributed by atoms with Gasteiger partial charge in [0.2, 0.25) is 11.8 Å². The molecular formula is C20H21N5O2S. The third-order valence-corrected chi connectivity index (χ3v) is 4.66. The van der Waals surface area contributed by atoms with Gasteiger partial charge in [-0.1, -0.05) is 23.8 Å². The highest BCUT2D eigenvalue weighted by molar-refractivity contribution is 7.71. The maximum Gasteiger partial charge on any atom is 0.244 e. The molecule has 0 unspecified atom stereocenters. The van der Waals surface area contributed by atoms with E-state index in [1.54, 1.807) is 35.9 Å². The maximum atomic E-state index is 12.5. The van der Waals surface area contributed by atoms with Crippen molar-refractivity contribution >= 4 is 35.4 Å². The average Bonchev–Trinajstić information content (AvgIpc) is 3.02. The Kier molecular flexibility index (Phi) is 5.70. The molecule has 0 fully saturated rings. The molecule has 0 aliphatic heterocycles. The van der Waals surface area contributed by atoms with E-state index in [1.807, 2.05) is 31.2 Å². The van der Waals surface area contributed by atoms with E-state index in [0.717, 1.165) is 16.8 Å². The number of aromatic nitrogens is 3. The molecule has 7 nitrogen and oxygen atoms in total. The van der Waals surface area contributed by atoms with Crippen molar-refractivity contribution in [3.05, 3.63) is 58.9 Å². The van der Waals surface area contributed by atoms with Gasteiger partial charge < -0.3 is 10.2 Å². The number of amides is 2. The van der Waals surface area contributed by atoms with E-state index >= 15 is 0 Å². The SMILES string of the molecule is CC(=O)N(C)c1ccc(NC(=O)Cn2c(-c3cccc(C)c3)n[nH]c2=S)cc1. The largest absolute Gasteiger partial charge is 0.325 e. The second-order valence-electron chi connectivity index (χ2n) is 6.48. The molecule has 0 radical (unpaired) electrons. The summed E-state index contributed by atoms with van der Waals surface area (Å²) in [5, 5.41) is 9.86. The van der Waals surface area contributed by atoms with E-state index < -0.39 is 0 Å². The van der Waals surface area contributed by atoms with Crippen LogP contribution in [0.3, 0.4) is 0 Å². The molecule has 0 bridgehead atoms. The van der Waals surface area contributed by atoms with Gasteiger partial charge in [0.25, 0.3) is 0 Å². The van der Waals surface area contributed by atoms with E-state index in [0.29, 0.717) is 16.3 Å². The first-order valence-corrected chi connectivity index (χ1v) is 9.12. The lowest BCUT2D eigenvalue weighted by Crippen LogP contribution is -2.23. The highest BCUT2D eigenvalue weighted by Gasteiger charge is 2.13. The number of nitrogens with zero attached hydrogens (tertiary/aromatic N) is 3. The molecule has 2 aromatic carbocycles. The van der Waals surface area contributed by atoms with E-state index in [1.165, 1.54) is 11.8 Å². The minimum atomic E-state index is -0.223. The van der Waals surface area contributed by atoms with Crippen LogP contribution in [0, 0.1) is 11.7 Å². The Bertz CT molecular complexity index is 1070. The zero-order valence-corrected chi connectivity index (χ0v) is 16.7. The molecule has 3 rings (SSSR count). The molecule has 3 aromatic rings. The van der Waals surface area contributed by atoms with Crippen molar-refractivity contribution < 1.29 is 9.59 Å². The fourth-order valence-electron chi connectivity index (χ4n) is 2.76. The quantitative estimate of drug-likeness (QED) is 0.648. The summed E-state index contributed by atoms with van der Waals surface area (Å²) in [7, 11) is 1.70. The topological polar surface area (TPSA) is 83.0 Å². The first-order chi connectivity index (χ1) is 13.3. The summed E-state index contributed by atoms with van der Waals surface area (Å²) in [6.45, 7) is 3.53. The Labute approximate surface area is 168 Å². The fraction of sp³-hybridized carbons (Fsp3) is 0.200.